The van der Waals surface area contributed by atoms with E-state index < -0.39 is 0 Å². The molecule has 0 spiro atoms. The predicted molar refractivity (Wildman–Crippen MR) is 151 cm³/mol. The van der Waals surface area contributed by atoms with Crippen LogP contribution in [0.2, 0.25) is 0 Å². The first-order valence-electron chi connectivity index (χ1n) is 13.6. The fourth-order valence-electron chi connectivity index (χ4n) is 5.18. The van der Waals surface area contributed by atoms with Gasteiger partial charge in [-0.25, -0.2) is 15.0 Å². The Labute approximate surface area is 227 Å². The van der Waals surface area contributed by atoms with E-state index in [9.17, 15) is 0 Å². The quantitative estimate of drug-likeness (QED) is 0.316. The number of methoxy groups -OCH3 is 1. The summed E-state index contributed by atoms with van der Waals surface area (Å²) in [6, 6.07) is 5.84. The molecule has 3 aromatic rings. The number of nitrogens with zero attached hydrogens (tertiary/aromatic N) is 6. The average Bonchev–Trinajstić information content (AvgIpc) is 3.63. The number of rotatable bonds is 9. The van der Waals surface area contributed by atoms with Gasteiger partial charge in [0.2, 0.25) is 11.8 Å². The van der Waals surface area contributed by atoms with Crippen molar-refractivity contribution in [1.82, 2.24) is 15.0 Å². The number of hydrogen-bond donors (Lipinski definition) is 1. The Morgan fingerprint density at radius 1 is 1.03 bits per heavy atom. The van der Waals surface area contributed by atoms with Crippen LogP contribution in [0.5, 0.6) is 5.88 Å². The lowest BCUT2D eigenvalue weighted by molar-refractivity contribution is 0.128. The van der Waals surface area contributed by atoms with Crippen LogP contribution < -0.4 is 19.9 Å². The molecule has 0 aromatic carbocycles. The maximum Gasteiger partial charge on any atom is 0.216 e. The molecule has 0 bridgehead atoms. The van der Waals surface area contributed by atoms with Crippen LogP contribution >= 0.6 is 11.3 Å². The Hall–Kier alpha value is -3.18. The van der Waals surface area contributed by atoms with E-state index in [0.717, 1.165) is 58.7 Å². The molecule has 1 unspecified atom stereocenters. The van der Waals surface area contributed by atoms with Crippen molar-refractivity contribution in [2.75, 3.05) is 68.4 Å². The molecule has 0 saturated carbocycles. The highest BCUT2D eigenvalue weighted by molar-refractivity contribution is 7.22. The van der Waals surface area contributed by atoms with E-state index >= 15 is 0 Å². The standard InChI is InChI=1S/C27H35N7O3S/c1-35-23-14-19(8-9-28-23)26-30-20(17-37-26)16-36-18-29-21-15-22-24(31-25(21)33-10-4-2-5-11-33)32-27(38-22)34-12-6-3-7-13-34/h8-9,14-15,20,29H,2-7,10-13,16-18H2,1H3. The summed E-state index contributed by atoms with van der Waals surface area (Å²) in [6.45, 7) is 5.54. The first-order chi connectivity index (χ1) is 18.8. The highest BCUT2D eigenvalue weighted by Crippen LogP contribution is 2.36. The van der Waals surface area contributed by atoms with E-state index in [1.807, 2.05) is 12.1 Å². The van der Waals surface area contributed by atoms with Crippen molar-refractivity contribution in [2.24, 2.45) is 4.99 Å². The maximum absolute atomic E-state index is 6.00. The van der Waals surface area contributed by atoms with Crippen molar-refractivity contribution >= 4 is 44.2 Å². The molecule has 1 atom stereocenters. The fourth-order valence-corrected chi connectivity index (χ4v) is 6.18. The van der Waals surface area contributed by atoms with Gasteiger partial charge in [0.05, 0.1) is 24.1 Å². The molecular formula is C27H35N7O3S. The van der Waals surface area contributed by atoms with Gasteiger partial charge < -0.3 is 29.3 Å². The van der Waals surface area contributed by atoms with Gasteiger partial charge in [0.1, 0.15) is 19.4 Å². The molecule has 202 valence electrons. The highest BCUT2D eigenvalue weighted by atomic mass is 32.1. The summed E-state index contributed by atoms with van der Waals surface area (Å²) in [4.78, 5) is 23.6. The van der Waals surface area contributed by atoms with Crippen molar-refractivity contribution in [3.8, 4) is 5.88 Å². The number of anilines is 3. The predicted octanol–water partition coefficient (Wildman–Crippen LogP) is 4.31. The van der Waals surface area contributed by atoms with E-state index in [1.165, 1.54) is 38.5 Å². The van der Waals surface area contributed by atoms with Crippen LogP contribution in [0.15, 0.2) is 29.4 Å². The third-order valence-electron chi connectivity index (χ3n) is 7.21. The van der Waals surface area contributed by atoms with Crippen LogP contribution in [0.25, 0.3) is 10.3 Å². The third-order valence-corrected chi connectivity index (χ3v) is 8.26. The van der Waals surface area contributed by atoms with E-state index in [1.54, 1.807) is 24.6 Å². The number of thiazole rings is 1. The minimum Gasteiger partial charge on any atom is -0.481 e. The number of fused-ring (bicyclic) bond motifs is 1. The molecule has 11 heteroatoms. The normalized spacial score (nSPS) is 19.9. The Morgan fingerprint density at radius 3 is 2.61 bits per heavy atom. The molecule has 6 heterocycles. The molecule has 2 saturated heterocycles. The van der Waals surface area contributed by atoms with Gasteiger partial charge in [0, 0.05) is 44.0 Å². The molecular weight excluding hydrogens is 502 g/mol. The molecule has 3 aliphatic rings. The monoisotopic (exact) mass is 537 g/mol. The molecule has 2 fully saturated rings. The Kier molecular flexibility index (Phi) is 7.73. The van der Waals surface area contributed by atoms with Gasteiger partial charge in [0.15, 0.2) is 16.6 Å². The summed E-state index contributed by atoms with van der Waals surface area (Å²) < 4.78 is 18.1. The molecule has 10 nitrogen and oxygen atoms in total. The molecule has 38 heavy (non-hydrogen) atoms. The lowest BCUT2D eigenvalue weighted by Crippen LogP contribution is -2.31. The Balaban J connectivity index is 1.12. The molecule has 3 aromatic heterocycles. The number of aromatic nitrogens is 3. The first kappa shape index (κ1) is 25.1. The first-order valence-corrected chi connectivity index (χ1v) is 14.4. The molecule has 0 amide bonds. The van der Waals surface area contributed by atoms with Gasteiger partial charge in [-0.2, -0.15) is 4.98 Å². The number of hydrogen-bond acceptors (Lipinski definition) is 11. The molecule has 1 N–H and O–H groups in total. The second kappa shape index (κ2) is 11.7. The van der Waals surface area contributed by atoms with Crippen LogP contribution in [-0.4, -0.2) is 80.1 Å². The van der Waals surface area contributed by atoms with Gasteiger partial charge >= 0.3 is 0 Å². The molecule has 0 radical (unpaired) electrons. The second-order valence-electron chi connectivity index (χ2n) is 9.95. The SMILES string of the molecule is COc1cc(C2=NC(COCNc3cc4sc(N5CCCCC5)nc4nc3N3CCCCC3)CO2)ccn1. The van der Waals surface area contributed by atoms with Crippen molar-refractivity contribution in [3.63, 3.8) is 0 Å². The summed E-state index contributed by atoms with van der Waals surface area (Å²) in [5.74, 6) is 2.12. The minimum atomic E-state index is -0.0540. The number of aliphatic imine (C=N–C) groups is 1. The van der Waals surface area contributed by atoms with Crippen molar-refractivity contribution in [1.29, 1.82) is 0 Å². The number of ether oxygens (including phenoxy) is 3. The summed E-state index contributed by atoms with van der Waals surface area (Å²) in [5, 5.41) is 4.59. The van der Waals surface area contributed by atoms with E-state index in [-0.39, 0.29) is 6.04 Å². The second-order valence-corrected chi connectivity index (χ2v) is 11.0. The number of nitrogens with one attached hydrogen (secondary N) is 1. The lowest BCUT2D eigenvalue weighted by Gasteiger charge is -2.29. The summed E-state index contributed by atoms with van der Waals surface area (Å²) in [5.41, 5.74) is 2.71. The largest absolute Gasteiger partial charge is 0.481 e. The summed E-state index contributed by atoms with van der Waals surface area (Å²) in [6.07, 6.45) is 9.14. The fraction of sp³-hybridized carbons (Fsp3) is 0.556. The van der Waals surface area contributed by atoms with Gasteiger partial charge in [-0.15, -0.1) is 0 Å². The zero-order valence-corrected chi connectivity index (χ0v) is 22.7. The van der Waals surface area contributed by atoms with Crippen LogP contribution in [0.3, 0.4) is 0 Å². The van der Waals surface area contributed by atoms with Crippen LogP contribution in [0.1, 0.15) is 44.1 Å². The van der Waals surface area contributed by atoms with E-state index in [2.05, 4.69) is 31.2 Å². The topological polar surface area (TPSA) is 97.2 Å². The average molecular weight is 538 g/mol. The van der Waals surface area contributed by atoms with Crippen LogP contribution in [0.4, 0.5) is 16.6 Å². The van der Waals surface area contributed by atoms with E-state index in [4.69, 9.17) is 24.2 Å². The molecule has 0 aliphatic carbocycles. The molecule has 3 aliphatic heterocycles. The van der Waals surface area contributed by atoms with Crippen molar-refractivity contribution < 1.29 is 14.2 Å². The number of pyridine rings is 2. The van der Waals surface area contributed by atoms with Crippen molar-refractivity contribution in [2.45, 2.75) is 44.6 Å². The zero-order valence-electron chi connectivity index (χ0n) is 21.9. The smallest absolute Gasteiger partial charge is 0.216 e. The summed E-state index contributed by atoms with van der Waals surface area (Å²) >= 11 is 1.74. The molecule has 6 rings (SSSR count). The maximum atomic E-state index is 6.00. The third kappa shape index (κ3) is 5.63. The highest BCUT2D eigenvalue weighted by Gasteiger charge is 2.23. The van der Waals surface area contributed by atoms with Gasteiger partial charge in [-0.05, 0) is 50.7 Å². The van der Waals surface area contributed by atoms with Gasteiger partial charge in [-0.3, -0.25) is 0 Å². The zero-order chi connectivity index (χ0) is 25.7. The minimum absolute atomic E-state index is 0.0540. The number of piperidine rings is 2. The Bertz CT molecular complexity index is 1270. The Morgan fingerprint density at radius 2 is 1.82 bits per heavy atom. The van der Waals surface area contributed by atoms with Crippen molar-refractivity contribution in [3.05, 3.63) is 30.0 Å². The van der Waals surface area contributed by atoms with Gasteiger partial charge in [0.25, 0.3) is 0 Å². The van der Waals surface area contributed by atoms with Crippen LogP contribution in [0, 0.1) is 0 Å². The lowest BCUT2D eigenvalue weighted by atomic mass is 10.1. The van der Waals surface area contributed by atoms with E-state index in [0.29, 0.717) is 31.7 Å². The van der Waals surface area contributed by atoms with Crippen LogP contribution in [-0.2, 0) is 9.47 Å². The summed E-state index contributed by atoms with van der Waals surface area (Å²) in [7, 11) is 1.60. The van der Waals surface area contributed by atoms with Gasteiger partial charge in [-0.1, -0.05) is 11.3 Å².